The molecule has 2 aromatic heterocycles. The maximum Gasteiger partial charge on any atom is 0.270 e. The van der Waals surface area contributed by atoms with Gasteiger partial charge in [0.25, 0.3) is 5.91 Å². The van der Waals surface area contributed by atoms with E-state index >= 15 is 0 Å². The van der Waals surface area contributed by atoms with Crippen LogP contribution in [0.5, 0.6) is 0 Å². The average Bonchev–Trinajstić information content (AvgIpc) is 2.91. The Hall–Kier alpha value is -1.59. The summed E-state index contributed by atoms with van der Waals surface area (Å²) in [5.74, 6) is -0.120. The smallest absolute Gasteiger partial charge is 0.270 e. The topological polar surface area (TPSA) is 55.6 Å². The summed E-state index contributed by atoms with van der Waals surface area (Å²) in [5.41, 5.74) is 2.08. The molecule has 0 saturated heterocycles. The molecule has 0 saturated carbocycles. The van der Waals surface area contributed by atoms with E-state index in [4.69, 9.17) is 16.3 Å². The highest BCUT2D eigenvalue weighted by molar-refractivity contribution is 6.30. The maximum absolute atomic E-state index is 12.5. The molecule has 0 atom stereocenters. The van der Waals surface area contributed by atoms with Crippen molar-refractivity contribution in [3.05, 3.63) is 34.7 Å². The van der Waals surface area contributed by atoms with Crippen molar-refractivity contribution in [2.45, 2.75) is 39.5 Å². The van der Waals surface area contributed by atoms with Crippen LogP contribution in [0.3, 0.4) is 0 Å². The summed E-state index contributed by atoms with van der Waals surface area (Å²) in [4.78, 5) is 17.0. The molecule has 0 aliphatic carbocycles. The van der Waals surface area contributed by atoms with Crippen molar-refractivity contribution in [3.8, 4) is 0 Å². The minimum absolute atomic E-state index is 0.120. The normalized spacial score (nSPS) is 11.1. The lowest BCUT2D eigenvalue weighted by Gasteiger charge is -2.07. The van der Waals surface area contributed by atoms with Gasteiger partial charge in [0.05, 0.1) is 10.7 Å². The molecule has 0 unspecified atom stereocenters. The zero-order valence-electron chi connectivity index (χ0n) is 13.8. The first-order valence-electron chi connectivity index (χ1n) is 8.19. The second-order valence-electron chi connectivity index (χ2n) is 5.41. The number of halogens is 1. The molecule has 2 aromatic rings. The minimum Gasteiger partial charge on any atom is -0.381 e. The van der Waals surface area contributed by atoms with Crippen LogP contribution in [-0.4, -0.2) is 35.1 Å². The Morgan fingerprint density at radius 3 is 2.83 bits per heavy atom. The molecule has 1 N–H and O–H groups in total. The molecule has 0 aromatic carbocycles. The van der Waals surface area contributed by atoms with E-state index in [1.807, 2.05) is 13.0 Å². The van der Waals surface area contributed by atoms with Crippen LogP contribution in [0.15, 0.2) is 18.3 Å². The SMILES string of the molecule is CCCCOCCCNC(=O)c1c(CC)nc2ccc(Cl)cn12. The number of fused-ring (bicyclic) bond motifs is 1. The number of ether oxygens (including phenoxy) is 1. The zero-order chi connectivity index (χ0) is 16.7. The van der Waals surface area contributed by atoms with Crippen molar-refractivity contribution in [1.82, 2.24) is 14.7 Å². The summed E-state index contributed by atoms with van der Waals surface area (Å²) < 4.78 is 7.25. The molecule has 1 amide bonds. The van der Waals surface area contributed by atoms with Crippen molar-refractivity contribution in [3.63, 3.8) is 0 Å². The summed E-state index contributed by atoms with van der Waals surface area (Å²) in [6, 6.07) is 3.60. The van der Waals surface area contributed by atoms with Gasteiger partial charge in [-0.3, -0.25) is 9.20 Å². The number of amides is 1. The molecule has 0 fully saturated rings. The molecule has 0 spiro atoms. The van der Waals surface area contributed by atoms with E-state index in [0.717, 1.165) is 37.2 Å². The van der Waals surface area contributed by atoms with E-state index < -0.39 is 0 Å². The highest BCUT2D eigenvalue weighted by atomic mass is 35.5. The second kappa shape index (κ2) is 8.89. The van der Waals surface area contributed by atoms with Crippen molar-refractivity contribution < 1.29 is 9.53 Å². The third kappa shape index (κ3) is 4.69. The summed E-state index contributed by atoms with van der Waals surface area (Å²) in [6.45, 7) is 6.16. The van der Waals surface area contributed by atoms with Gasteiger partial charge in [-0.15, -0.1) is 0 Å². The van der Waals surface area contributed by atoms with Gasteiger partial charge >= 0.3 is 0 Å². The van der Waals surface area contributed by atoms with Crippen LogP contribution in [-0.2, 0) is 11.2 Å². The van der Waals surface area contributed by atoms with E-state index in [1.54, 1.807) is 16.7 Å². The van der Waals surface area contributed by atoms with Crippen LogP contribution < -0.4 is 5.32 Å². The molecule has 5 nitrogen and oxygen atoms in total. The van der Waals surface area contributed by atoms with Crippen LogP contribution in [0.1, 0.15) is 49.3 Å². The molecule has 2 heterocycles. The molecule has 23 heavy (non-hydrogen) atoms. The fourth-order valence-corrected chi connectivity index (χ4v) is 2.52. The molecule has 0 aliphatic heterocycles. The van der Waals surface area contributed by atoms with Crippen LogP contribution in [0.4, 0.5) is 0 Å². The number of unbranched alkanes of at least 4 members (excludes halogenated alkanes) is 1. The van der Waals surface area contributed by atoms with Gasteiger partial charge in [-0.1, -0.05) is 31.9 Å². The van der Waals surface area contributed by atoms with Gasteiger partial charge in [-0.25, -0.2) is 4.98 Å². The number of carbonyl (C=O) groups is 1. The van der Waals surface area contributed by atoms with Crippen LogP contribution >= 0.6 is 11.6 Å². The van der Waals surface area contributed by atoms with Crippen molar-refractivity contribution in [2.24, 2.45) is 0 Å². The van der Waals surface area contributed by atoms with E-state index in [2.05, 4.69) is 17.2 Å². The summed E-state index contributed by atoms with van der Waals surface area (Å²) in [7, 11) is 0. The molecule has 126 valence electrons. The monoisotopic (exact) mass is 337 g/mol. The number of aromatic nitrogens is 2. The number of rotatable bonds is 9. The van der Waals surface area contributed by atoms with Gasteiger partial charge in [0.15, 0.2) is 0 Å². The minimum atomic E-state index is -0.120. The third-order valence-electron chi connectivity index (χ3n) is 3.60. The average molecular weight is 338 g/mol. The Kier molecular flexibility index (Phi) is 6.86. The van der Waals surface area contributed by atoms with E-state index in [0.29, 0.717) is 30.3 Å². The predicted octanol–water partition coefficient (Wildman–Crippen LogP) is 3.49. The van der Waals surface area contributed by atoms with Gasteiger partial charge in [-0.2, -0.15) is 0 Å². The lowest BCUT2D eigenvalue weighted by molar-refractivity contribution is 0.0933. The summed E-state index contributed by atoms with van der Waals surface area (Å²) in [5, 5.41) is 3.52. The van der Waals surface area contributed by atoms with Crippen molar-refractivity contribution >= 4 is 23.2 Å². The predicted molar refractivity (Wildman–Crippen MR) is 92.3 cm³/mol. The van der Waals surface area contributed by atoms with E-state index in [1.165, 1.54) is 0 Å². The number of hydrogen-bond acceptors (Lipinski definition) is 3. The van der Waals surface area contributed by atoms with E-state index in [9.17, 15) is 4.79 Å². The van der Waals surface area contributed by atoms with Crippen molar-refractivity contribution in [1.29, 1.82) is 0 Å². The quantitative estimate of drug-likeness (QED) is 0.713. The first-order valence-corrected chi connectivity index (χ1v) is 8.57. The standard InChI is InChI=1S/C17H24ClN3O2/c1-3-5-10-23-11-6-9-19-17(22)16-14(4-2)20-15-8-7-13(18)12-21(15)16/h7-8,12H,3-6,9-11H2,1-2H3,(H,19,22). The second-order valence-corrected chi connectivity index (χ2v) is 5.85. The van der Waals surface area contributed by atoms with Gasteiger partial charge < -0.3 is 10.1 Å². The number of nitrogens with zero attached hydrogens (tertiary/aromatic N) is 2. The molecular formula is C17H24ClN3O2. The molecular weight excluding hydrogens is 314 g/mol. The first-order chi connectivity index (χ1) is 11.2. The number of hydrogen-bond donors (Lipinski definition) is 1. The first kappa shape index (κ1) is 17.8. The zero-order valence-corrected chi connectivity index (χ0v) is 14.5. The van der Waals surface area contributed by atoms with Gasteiger partial charge in [0.1, 0.15) is 11.3 Å². The molecule has 0 aliphatic rings. The number of carbonyl (C=O) groups excluding carboxylic acids is 1. The van der Waals surface area contributed by atoms with Gasteiger partial charge in [-0.05, 0) is 31.4 Å². The van der Waals surface area contributed by atoms with Gasteiger partial charge in [0, 0.05) is 26.0 Å². The Labute approximate surface area is 142 Å². The van der Waals surface area contributed by atoms with Crippen LogP contribution in [0.2, 0.25) is 5.02 Å². The Morgan fingerprint density at radius 1 is 1.30 bits per heavy atom. The van der Waals surface area contributed by atoms with Crippen LogP contribution in [0, 0.1) is 0 Å². The highest BCUT2D eigenvalue weighted by Crippen LogP contribution is 2.17. The van der Waals surface area contributed by atoms with E-state index in [-0.39, 0.29) is 5.91 Å². The molecule has 2 rings (SSSR count). The maximum atomic E-state index is 12.5. The fourth-order valence-electron chi connectivity index (χ4n) is 2.36. The Morgan fingerprint density at radius 2 is 2.09 bits per heavy atom. The van der Waals surface area contributed by atoms with Crippen molar-refractivity contribution in [2.75, 3.05) is 19.8 Å². The number of aryl methyl sites for hydroxylation is 1. The van der Waals surface area contributed by atoms with Crippen LogP contribution in [0.25, 0.3) is 5.65 Å². The Bertz CT molecular complexity index is 655. The number of imidazole rings is 1. The molecule has 6 heteroatoms. The van der Waals surface area contributed by atoms with Gasteiger partial charge in [0.2, 0.25) is 0 Å². The molecule has 0 radical (unpaired) electrons. The molecule has 0 bridgehead atoms. The lowest BCUT2D eigenvalue weighted by Crippen LogP contribution is -2.27. The number of pyridine rings is 1. The third-order valence-corrected chi connectivity index (χ3v) is 3.82. The Balaban J connectivity index is 1.96. The summed E-state index contributed by atoms with van der Waals surface area (Å²) in [6.07, 6.45) is 5.44. The largest absolute Gasteiger partial charge is 0.381 e. The lowest BCUT2D eigenvalue weighted by atomic mass is 10.2. The number of nitrogens with one attached hydrogen (secondary N) is 1. The highest BCUT2D eigenvalue weighted by Gasteiger charge is 2.17. The fraction of sp³-hybridized carbons (Fsp3) is 0.529. The summed E-state index contributed by atoms with van der Waals surface area (Å²) >= 11 is 6.04.